The van der Waals surface area contributed by atoms with Gasteiger partial charge in [-0.3, -0.25) is 0 Å². The quantitative estimate of drug-likeness (QED) is 0.320. The average Bonchev–Trinajstić information content (AvgIpc) is 3.23. The monoisotopic (exact) mass is 498 g/mol. The van der Waals surface area contributed by atoms with Crippen LogP contribution < -0.4 is 4.74 Å². The number of hydrogen-bond donors (Lipinski definition) is 5. The molecular weight excluding hydrogens is 473 g/mol. The number of halogens is 3. The van der Waals surface area contributed by atoms with Gasteiger partial charge >= 0.3 is 6.18 Å². The van der Waals surface area contributed by atoms with Crippen LogP contribution in [0.3, 0.4) is 0 Å². The molecule has 0 saturated carbocycles. The van der Waals surface area contributed by atoms with Gasteiger partial charge in [-0.25, -0.2) is 4.98 Å². The Hall–Kier alpha value is -2.74. The molecule has 35 heavy (non-hydrogen) atoms. The second-order valence-corrected chi connectivity index (χ2v) is 8.38. The van der Waals surface area contributed by atoms with E-state index in [1.54, 1.807) is 0 Å². The van der Waals surface area contributed by atoms with Crippen molar-refractivity contribution in [1.82, 2.24) is 9.55 Å². The molecule has 2 aromatic carbocycles. The first-order valence-electron chi connectivity index (χ1n) is 10.8. The first kappa shape index (κ1) is 25.4. The zero-order valence-electron chi connectivity index (χ0n) is 18.6. The van der Waals surface area contributed by atoms with Gasteiger partial charge in [-0.2, -0.15) is 13.2 Å². The standard InChI is InChI=1S/C23H25F3N2O7/c1-2-12-3-5-13(6-4-12)9-28-11-27-15-7-14(23(24,25)26)8-16(18(15)28)35-22(33)20(31)19(30)17(10-29)34-21(22)32/h3-8,11,17,19-21,29-33H,2,9-10H2,1H3/t17-,19-,20+,21-,22+/m1/s1. The van der Waals surface area contributed by atoms with Crippen LogP contribution in [0.4, 0.5) is 13.2 Å². The average molecular weight is 498 g/mol. The number of imidazole rings is 1. The fourth-order valence-corrected chi connectivity index (χ4v) is 3.98. The van der Waals surface area contributed by atoms with Crippen LogP contribution in [0.5, 0.6) is 5.75 Å². The third-order valence-electron chi connectivity index (χ3n) is 6.03. The second kappa shape index (κ2) is 9.37. The summed E-state index contributed by atoms with van der Waals surface area (Å²) in [7, 11) is 0. The fraction of sp³-hybridized carbons (Fsp3) is 0.435. The number of aryl methyl sites for hydroxylation is 1. The number of aliphatic hydroxyl groups is 5. The summed E-state index contributed by atoms with van der Waals surface area (Å²) in [6.07, 6.45) is -10.6. The van der Waals surface area contributed by atoms with Crippen LogP contribution in [0.1, 0.15) is 23.6 Å². The molecule has 190 valence electrons. The molecule has 0 radical (unpaired) electrons. The summed E-state index contributed by atoms with van der Waals surface area (Å²) < 4.78 is 52.5. The van der Waals surface area contributed by atoms with E-state index in [0.717, 1.165) is 23.6 Å². The predicted molar refractivity (Wildman–Crippen MR) is 115 cm³/mol. The van der Waals surface area contributed by atoms with Crippen molar-refractivity contribution in [2.75, 3.05) is 6.61 Å². The lowest BCUT2D eigenvalue weighted by Crippen LogP contribution is -2.69. The molecule has 5 atom stereocenters. The Morgan fingerprint density at radius 1 is 1.11 bits per heavy atom. The summed E-state index contributed by atoms with van der Waals surface area (Å²) in [5.41, 5.74) is 0.705. The number of nitrogens with zero attached hydrogens (tertiary/aromatic N) is 2. The van der Waals surface area contributed by atoms with Crippen molar-refractivity contribution in [2.24, 2.45) is 0 Å². The van der Waals surface area contributed by atoms with Crippen LogP contribution in [0, 0.1) is 0 Å². The molecule has 0 amide bonds. The van der Waals surface area contributed by atoms with Gasteiger partial charge in [0, 0.05) is 6.54 Å². The van der Waals surface area contributed by atoms with E-state index in [9.17, 15) is 38.7 Å². The molecule has 1 saturated heterocycles. The van der Waals surface area contributed by atoms with Crippen molar-refractivity contribution in [3.63, 3.8) is 0 Å². The van der Waals surface area contributed by atoms with Gasteiger partial charge < -0.3 is 39.6 Å². The van der Waals surface area contributed by atoms with E-state index in [2.05, 4.69) is 4.98 Å². The zero-order chi connectivity index (χ0) is 25.5. The Morgan fingerprint density at radius 2 is 1.77 bits per heavy atom. The van der Waals surface area contributed by atoms with Crippen molar-refractivity contribution < 1.29 is 48.2 Å². The maximum atomic E-state index is 13.6. The number of fused-ring (bicyclic) bond motifs is 1. The SMILES string of the molecule is CCc1ccc(Cn2cnc3cc(C(F)(F)F)cc(O[C@]4(O)[C@H](O)O[C@H](CO)[C@@H](O)[C@@H]4O)c32)cc1. The smallest absolute Gasteiger partial charge is 0.416 e. The van der Waals surface area contributed by atoms with Gasteiger partial charge in [-0.05, 0) is 29.7 Å². The van der Waals surface area contributed by atoms with Gasteiger partial charge in [0.1, 0.15) is 23.5 Å². The summed E-state index contributed by atoms with van der Waals surface area (Å²) in [5.74, 6) is -3.61. The number of hydrogen-bond acceptors (Lipinski definition) is 8. The van der Waals surface area contributed by atoms with Crippen molar-refractivity contribution in [3.05, 3.63) is 59.4 Å². The first-order valence-corrected chi connectivity index (χ1v) is 10.8. The molecule has 1 aromatic heterocycles. The predicted octanol–water partition coefficient (Wildman–Crippen LogP) is 1.16. The highest BCUT2D eigenvalue weighted by Crippen LogP contribution is 2.39. The minimum Gasteiger partial charge on any atom is -0.452 e. The Balaban J connectivity index is 1.79. The molecule has 12 heteroatoms. The van der Waals surface area contributed by atoms with Crippen LogP contribution in [0.2, 0.25) is 0 Å². The normalized spacial score (nSPS) is 27.3. The van der Waals surface area contributed by atoms with E-state index < -0.39 is 54.5 Å². The van der Waals surface area contributed by atoms with Crippen molar-refractivity contribution in [2.45, 2.75) is 56.5 Å². The molecule has 9 nitrogen and oxygen atoms in total. The van der Waals surface area contributed by atoms with Crippen LogP contribution in [-0.2, 0) is 23.9 Å². The Kier molecular flexibility index (Phi) is 6.79. The summed E-state index contributed by atoms with van der Waals surface area (Å²) in [4.78, 5) is 4.04. The summed E-state index contributed by atoms with van der Waals surface area (Å²) >= 11 is 0. The van der Waals surface area contributed by atoms with Gasteiger partial charge in [0.05, 0.1) is 24.0 Å². The van der Waals surface area contributed by atoms with E-state index in [1.807, 2.05) is 31.2 Å². The second-order valence-electron chi connectivity index (χ2n) is 8.38. The minimum absolute atomic E-state index is 0.0455. The van der Waals surface area contributed by atoms with E-state index >= 15 is 0 Å². The topological polar surface area (TPSA) is 137 Å². The van der Waals surface area contributed by atoms with Gasteiger partial charge in [-0.15, -0.1) is 0 Å². The molecular formula is C23H25F3N2O7. The molecule has 1 aliphatic rings. The molecule has 0 unspecified atom stereocenters. The Bertz CT molecular complexity index is 1180. The molecule has 0 aliphatic carbocycles. The fourth-order valence-electron chi connectivity index (χ4n) is 3.98. The lowest BCUT2D eigenvalue weighted by molar-refractivity contribution is -0.385. The highest BCUT2D eigenvalue weighted by atomic mass is 19.4. The van der Waals surface area contributed by atoms with Crippen molar-refractivity contribution in [1.29, 1.82) is 0 Å². The van der Waals surface area contributed by atoms with Crippen molar-refractivity contribution in [3.8, 4) is 5.75 Å². The van der Waals surface area contributed by atoms with E-state index in [0.29, 0.717) is 6.07 Å². The maximum absolute atomic E-state index is 13.6. The van der Waals surface area contributed by atoms with E-state index in [4.69, 9.17) is 9.47 Å². The summed E-state index contributed by atoms with van der Waals surface area (Å²) in [5, 5.41) is 50.9. The van der Waals surface area contributed by atoms with Gasteiger partial charge in [0.15, 0.2) is 6.10 Å². The van der Waals surface area contributed by atoms with Gasteiger partial charge in [-0.1, -0.05) is 31.2 Å². The third-order valence-corrected chi connectivity index (χ3v) is 6.03. The van der Waals surface area contributed by atoms with Gasteiger partial charge in [0.25, 0.3) is 5.79 Å². The summed E-state index contributed by atoms with van der Waals surface area (Å²) in [6, 6.07) is 8.96. The largest absolute Gasteiger partial charge is 0.452 e. The molecule has 0 spiro atoms. The molecule has 1 aliphatic heterocycles. The van der Waals surface area contributed by atoms with E-state index in [-0.39, 0.29) is 17.6 Å². The van der Waals surface area contributed by atoms with Gasteiger partial charge in [0.2, 0.25) is 6.29 Å². The molecule has 5 N–H and O–H groups in total. The number of benzene rings is 2. The number of aliphatic hydroxyl groups excluding tert-OH is 4. The number of ether oxygens (including phenoxy) is 2. The lowest BCUT2D eigenvalue weighted by Gasteiger charge is -2.45. The minimum atomic E-state index is -4.80. The first-order chi connectivity index (χ1) is 16.5. The highest BCUT2D eigenvalue weighted by Gasteiger charge is 2.57. The molecule has 4 rings (SSSR count). The van der Waals surface area contributed by atoms with Crippen LogP contribution in [0.25, 0.3) is 11.0 Å². The molecule has 1 fully saturated rings. The Labute approximate surface area is 197 Å². The van der Waals surface area contributed by atoms with Crippen LogP contribution in [0.15, 0.2) is 42.7 Å². The number of alkyl halides is 3. The molecule has 0 bridgehead atoms. The summed E-state index contributed by atoms with van der Waals surface area (Å²) in [6.45, 7) is 1.39. The molecule has 3 aromatic rings. The third kappa shape index (κ3) is 4.73. The van der Waals surface area contributed by atoms with Crippen LogP contribution in [-0.4, -0.2) is 72.1 Å². The molecule has 2 heterocycles. The van der Waals surface area contributed by atoms with E-state index in [1.165, 1.54) is 10.9 Å². The zero-order valence-corrected chi connectivity index (χ0v) is 18.6. The van der Waals surface area contributed by atoms with Crippen molar-refractivity contribution >= 4 is 11.0 Å². The Morgan fingerprint density at radius 3 is 2.37 bits per heavy atom. The maximum Gasteiger partial charge on any atom is 0.416 e. The highest BCUT2D eigenvalue weighted by molar-refractivity contribution is 5.83. The number of rotatable bonds is 6. The lowest BCUT2D eigenvalue weighted by atomic mass is 9.96. The van der Waals surface area contributed by atoms with Crippen LogP contribution >= 0.6 is 0 Å². The number of aromatic nitrogens is 2.